The first kappa shape index (κ1) is 39.1. The van der Waals surface area contributed by atoms with Crippen molar-refractivity contribution in [2.75, 3.05) is 57.3 Å². The number of ether oxygens (including phenoxy) is 1. The number of piperazine rings is 1. The van der Waals surface area contributed by atoms with E-state index in [1.54, 1.807) is 29.7 Å². The summed E-state index contributed by atoms with van der Waals surface area (Å²) in [5, 5.41) is 13.9. The Hall–Kier alpha value is -6.13. The Kier molecular flexibility index (Phi) is 11.9. The molecule has 7 rings (SSSR count). The van der Waals surface area contributed by atoms with Gasteiger partial charge in [-0.05, 0) is 73.7 Å². The number of nitrogens with zero attached hydrogens (tertiary/aromatic N) is 4. The normalized spacial score (nSPS) is 18.5. The van der Waals surface area contributed by atoms with Crippen LogP contribution in [0.1, 0.15) is 79.1 Å². The zero-order chi connectivity index (χ0) is 40.1. The zero-order valence-electron chi connectivity index (χ0n) is 31.4. The molecule has 0 bridgehead atoms. The van der Waals surface area contributed by atoms with Crippen LogP contribution in [-0.4, -0.2) is 126 Å². The fourth-order valence-electron chi connectivity index (χ4n) is 7.75. The summed E-state index contributed by atoms with van der Waals surface area (Å²) in [7, 11) is 0. The van der Waals surface area contributed by atoms with Crippen molar-refractivity contribution in [1.82, 2.24) is 30.8 Å². The van der Waals surface area contributed by atoms with E-state index in [1.165, 1.54) is 12.1 Å². The van der Waals surface area contributed by atoms with Gasteiger partial charge in [-0.15, -0.1) is 0 Å². The summed E-state index contributed by atoms with van der Waals surface area (Å²) in [5.41, 5.74) is 4.32. The lowest BCUT2D eigenvalue weighted by Crippen LogP contribution is -2.63. The van der Waals surface area contributed by atoms with Gasteiger partial charge in [-0.1, -0.05) is 24.3 Å². The highest BCUT2D eigenvalue weighted by Gasteiger charge is 2.47. The van der Waals surface area contributed by atoms with Gasteiger partial charge in [0.25, 0.3) is 23.6 Å². The predicted molar refractivity (Wildman–Crippen MR) is 205 cm³/mol. The largest absolute Gasteiger partial charge is 0.494 e. The molecule has 0 aromatic heterocycles. The molecule has 0 radical (unpaired) electrons. The third-order valence-corrected chi connectivity index (χ3v) is 11.0. The van der Waals surface area contributed by atoms with E-state index in [0.717, 1.165) is 35.7 Å². The van der Waals surface area contributed by atoms with Crippen molar-refractivity contribution < 1.29 is 43.5 Å². The van der Waals surface area contributed by atoms with Gasteiger partial charge in [0, 0.05) is 75.8 Å². The summed E-state index contributed by atoms with van der Waals surface area (Å²) in [5.74, 6) is -2.21. The Balaban J connectivity index is 0.775. The number of piperidine rings is 1. The minimum Gasteiger partial charge on any atom is -0.494 e. The monoisotopic (exact) mass is 779 g/mol. The number of benzene rings is 3. The predicted octanol–water partition coefficient (Wildman–Crippen LogP) is 1.76. The molecule has 3 aromatic rings. The number of amides is 7. The average molecular weight is 780 g/mol. The van der Waals surface area contributed by atoms with E-state index in [0.29, 0.717) is 75.4 Å². The molecule has 0 saturated carbocycles. The SMILES string of the molecule is O=C1CCC(N2C(=O)c3cccc(N4CC(N5CCN(C(=O)CCCCOc6ccc(CCNC(=O)c7cccc(C(=O)NO)c7)cc6)CC5)C4)c3C2=O)C(=O)N1. The molecule has 1 unspecified atom stereocenters. The van der Waals surface area contributed by atoms with Crippen LogP contribution in [0.5, 0.6) is 5.75 Å². The van der Waals surface area contributed by atoms with Crippen molar-refractivity contribution in [3.05, 3.63) is 94.5 Å². The van der Waals surface area contributed by atoms with E-state index in [9.17, 15) is 33.6 Å². The van der Waals surface area contributed by atoms with Crippen LogP contribution < -0.4 is 25.8 Å². The number of hydrogen-bond acceptors (Lipinski definition) is 11. The standard InChI is InChI=1S/C41H45N7O9/c49-34-15-14-33(39(53)43-34)48-40(54)31-7-4-8-32(36(31)41(48)55)47-24-29(25-47)45-18-20-46(21-19-45)35(50)9-1-2-22-57-30-12-10-26(11-13-30)16-17-42-37(51)27-5-3-6-28(23-27)38(52)44-56/h3-8,10-13,23,29,33,56H,1-2,9,14-22,24-25H2,(H,42,51)(H,44,52)(H,43,49,53). The van der Waals surface area contributed by atoms with Crippen molar-refractivity contribution in [2.45, 2.75) is 50.6 Å². The maximum absolute atomic E-state index is 13.5. The molecule has 4 N–H and O–H groups in total. The van der Waals surface area contributed by atoms with Crippen LogP contribution in [0.2, 0.25) is 0 Å². The smallest absolute Gasteiger partial charge is 0.274 e. The highest BCUT2D eigenvalue weighted by molar-refractivity contribution is 6.25. The van der Waals surface area contributed by atoms with E-state index < -0.39 is 35.6 Å². The molecule has 4 heterocycles. The highest BCUT2D eigenvalue weighted by Crippen LogP contribution is 2.36. The number of imide groups is 2. The third kappa shape index (κ3) is 8.66. The van der Waals surface area contributed by atoms with E-state index >= 15 is 0 Å². The first-order chi connectivity index (χ1) is 27.6. The van der Waals surface area contributed by atoms with E-state index in [2.05, 4.69) is 20.4 Å². The molecule has 298 valence electrons. The number of hydrogen-bond donors (Lipinski definition) is 4. The Bertz CT molecular complexity index is 2060. The van der Waals surface area contributed by atoms with Gasteiger partial charge in [0.2, 0.25) is 17.7 Å². The second-order valence-electron chi connectivity index (χ2n) is 14.6. The Labute approximate surface area is 329 Å². The van der Waals surface area contributed by atoms with Crippen LogP contribution in [0, 0.1) is 0 Å². The summed E-state index contributed by atoms with van der Waals surface area (Å²) in [6.45, 7) is 5.04. The van der Waals surface area contributed by atoms with Crippen LogP contribution in [0.3, 0.4) is 0 Å². The van der Waals surface area contributed by atoms with Gasteiger partial charge in [0.15, 0.2) is 0 Å². The first-order valence-electron chi connectivity index (χ1n) is 19.3. The van der Waals surface area contributed by atoms with Crippen LogP contribution in [0.15, 0.2) is 66.7 Å². The topological polar surface area (TPSA) is 198 Å². The number of carbonyl (C=O) groups is 7. The lowest BCUT2D eigenvalue weighted by Gasteiger charge is -2.49. The Morgan fingerprint density at radius 1 is 0.842 bits per heavy atom. The van der Waals surface area contributed by atoms with Gasteiger partial charge in [-0.25, -0.2) is 5.48 Å². The van der Waals surface area contributed by atoms with E-state index in [4.69, 9.17) is 9.94 Å². The molecule has 4 aliphatic rings. The molecule has 7 amide bonds. The fraction of sp³-hybridized carbons (Fsp3) is 0.390. The maximum Gasteiger partial charge on any atom is 0.274 e. The van der Waals surface area contributed by atoms with Gasteiger partial charge in [-0.3, -0.25) is 53.9 Å². The van der Waals surface area contributed by atoms with Crippen LogP contribution in [-0.2, 0) is 20.8 Å². The fourth-order valence-corrected chi connectivity index (χ4v) is 7.75. The van der Waals surface area contributed by atoms with Gasteiger partial charge in [-0.2, -0.15) is 0 Å². The molecule has 57 heavy (non-hydrogen) atoms. The summed E-state index contributed by atoms with van der Waals surface area (Å²) in [6.07, 6.45) is 2.69. The van der Waals surface area contributed by atoms with Gasteiger partial charge in [0.05, 0.1) is 23.4 Å². The number of nitrogens with one attached hydrogen (secondary N) is 3. The summed E-state index contributed by atoms with van der Waals surface area (Å²) < 4.78 is 5.88. The number of anilines is 1. The second kappa shape index (κ2) is 17.3. The minimum atomic E-state index is -1.00. The maximum atomic E-state index is 13.5. The van der Waals surface area contributed by atoms with Crippen LogP contribution in [0.4, 0.5) is 5.69 Å². The van der Waals surface area contributed by atoms with Crippen molar-refractivity contribution >= 4 is 47.0 Å². The van der Waals surface area contributed by atoms with Gasteiger partial charge in [0.1, 0.15) is 11.8 Å². The quantitative estimate of drug-likeness (QED) is 0.0806. The summed E-state index contributed by atoms with van der Waals surface area (Å²) in [6, 6.07) is 18.1. The van der Waals surface area contributed by atoms with Crippen LogP contribution >= 0.6 is 0 Å². The third-order valence-electron chi connectivity index (χ3n) is 11.0. The van der Waals surface area contributed by atoms with Crippen molar-refractivity contribution in [2.24, 2.45) is 0 Å². The van der Waals surface area contributed by atoms with E-state index in [1.807, 2.05) is 35.2 Å². The highest BCUT2D eigenvalue weighted by atomic mass is 16.5. The van der Waals surface area contributed by atoms with Gasteiger partial charge < -0.3 is 19.9 Å². The molecule has 4 aliphatic heterocycles. The number of unbranched alkanes of at least 4 members (excludes halogenated alkanes) is 1. The molecule has 3 aromatic carbocycles. The number of carbonyl (C=O) groups excluding carboxylic acids is 7. The lowest BCUT2D eigenvalue weighted by molar-refractivity contribution is -0.136. The molecular formula is C41H45N7O9. The van der Waals surface area contributed by atoms with E-state index in [-0.39, 0.29) is 41.8 Å². The Morgan fingerprint density at radius 2 is 1.56 bits per heavy atom. The average Bonchev–Trinajstić information content (AvgIpc) is 3.46. The molecule has 16 heteroatoms. The summed E-state index contributed by atoms with van der Waals surface area (Å²) >= 11 is 0. The minimum absolute atomic E-state index is 0.0703. The molecule has 16 nitrogen and oxygen atoms in total. The van der Waals surface area contributed by atoms with Crippen LogP contribution in [0.25, 0.3) is 0 Å². The number of hydroxylamine groups is 1. The van der Waals surface area contributed by atoms with Crippen molar-refractivity contribution in [3.8, 4) is 5.75 Å². The number of fused-ring (bicyclic) bond motifs is 1. The molecule has 0 spiro atoms. The Morgan fingerprint density at radius 3 is 2.28 bits per heavy atom. The molecular weight excluding hydrogens is 734 g/mol. The number of rotatable bonds is 14. The van der Waals surface area contributed by atoms with Crippen molar-refractivity contribution in [1.29, 1.82) is 0 Å². The first-order valence-corrected chi connectivity index (χ1v) is 19.3. The molecule has 0 aliphatic carbocycles. The molecule has 3 saturated heterocycles. The lowest BCUT2D eigenvalue weighted by atomic mass is 10.00. The van der Waals surface area contributed by atoms with Gasteiger partial charge >= 0.3 is 0 Å². The summed E-state index contributed by atoms with van der Waals surface area (Å²) in [4.78, 5) is 95.3. The zero-order valence-corrected chi connectivity index (χ0v) is 31.4. The molecule has 3 fully saturated rings. The van der Waals surface area contributed by atoms with Crippen molar-refractivity contribution in [3.63, 3.8) is 0 Å². The second-order valence-corrected chi connectivity index (χ2v) is 14.6. The molecule has 1 atom stereocenters.